The fourth-order valence-electron chi connectivity index (χ4n) is 1.17. The molecule has 17 heavy (non-hydrogen) atoms. The van der Waals surface area contributed by atoms with E-state index in [1.54, 1.807) is 0 Å². The Morgan fingerprint density at radius 3 is 2.53 bits per heavy atom. The fourth-order valence-corrected chi connectivity index (χ4v) is 1.58. The Morgan fingerprint density at radius 2 is 2.00 bits per heavy atom. The van der Waals surface area contributed by atoms with E-state index in [9.17, 15) is 8.42 Å². The molecule has 2 aromatic heterocycles. The Balaban J connectivity index is 2.76. The lowest BCUT2D eigenvalue weighted by Gasteiger charge is -2.03. The van der Waals surface area contributed by atoms with Crippen molar-refractivity contribution in [2.24, 2.45) is 5.14 Å². The first kappa shape index (κ1) is 11.5. The van der Waals surface area contributed by atoms with E-state index >= 15 is 0 Å². The van der Waals surface area contributed by atoms with Gasteiger partial charge in [0, 0.05) is 0 Å². The van der Waals surface area contributed by atoms with Gasteiger partial charge in [-0.1, -0.05) is 0 Å². The molecular formula is C7H9N5O4S. The zero-order valence-corrected chi connectivity index (χ0v) is 9.80. The van der Waals surface area contributed by atoms with Crippen LogP contribution >= 0.6 is 0 Å². The maximum Gasteiger partial charge on any atom is 0.284 e. The van der Waals surface area contributed by atoms with Crippen LogP contribution in [0.4, 0.5) is 0 Å². The monoisotopic (exact) mass is 259 g/mol. The minimum atomic E-state index is -3.99. The highest BCUT2D eigenvalue weighted by atomic mass is 32.2. The second kappa shape index (κ2) is 3.82. The van der Waals surface area contributed by atoms with Crippen molar-refractivity contribution in [2.75, 3.05) is 14.2 Å². The first-order chi connectivity index (χ1) is 7.95. The summed E-state index contributed by atoms with van der Waals surface area (Å²) in [7, 11) is -1.18. The topological polar surface area (TPSA) is 122 Å². The van der Waals surface area contributed by atoms with Crippen molar-refractivity contribution in [2.45, 2.75) is 5.16 Å². The predicted octanol–water partition coefficient (Wildman–Crippen LogP) is -1.21. The molecule has 0 aliphatic carbocycles. The molecule has 0 fully saturated rings. The second-order valence-corrected chi connectivity index (χ2v) is 4.45. The normalized spacial score (nSPS) is 11.7. The zero-order chi connectivity index (χ0) is 12.6. The van der Waals surface area contributed by atoms with Gasteiger partial charge in [0.25, 0.3) is 21.0 Å². The molecule has 0 unspecified atom stereocenters. The average molecular weight is 259 g/mol. The van der Waals surface area contributed by atoms with Crippen molar-refractivity contribution in [1.29, 1.82) is 0 Å². The van der Waals surface area contributed by atoms with Crippen LogP contribution in [0, 0.1) is 0 Å². The molecule has 0 aliphatic heterocycles. The maximum absolute atomic E-state index is 11.1. The molecule has 92 valence electrons. The summed E-state index contributed by atoms with van der Waals surface area (Å²) in [6.07, 6.45) is 0. The number of ether oxygens (including phenoxy) is 2. The maximum atomic E-state index is 11.1. The summed E-state index contributed by atoms with van der Waals surface area (Å²) in [5, 5.41) is 8.07. The number of aromatic nitrogens is 4. The van der Waals surface area contributed by atoms with Crippen LogP contribution in [0.5, 0.6) is 11.8 Å². The lowest BCUT2D eigenvalue weighted by molar-refractivity contribution is 0.364. The van der Waals surface area contributed by atoms with E-state index < -0.39 is 15.2 Å². The number of fused-ring (bicyclic) bond motifs is 1. The van der Waals surface area contributed by atoms with E-state index in [-0.39, 0.29) is 17.5 Å². The van der Waals surface area contributed by atoms with Gasteiger partial charge in [0.05, 0.1) is 20.3 Å². The molecule has 2 N–H and O–H groups in total. The van der Waals surface area contributed by atoms with E-state index in [2.05, 4.69) is 15.1 Å². The van der Waals surface area contributed by atoms with Gasteiger partial charge >= 0.3 is 0 Å². The first-order valence-electron chi connectivity index (χ1n) is 4.34. The highest BCUT2D eigenvalue weighted by molar-refractivity contribution is 7.89. The number of nitrogens with zero attached hydrogens (tertiary/aromatic N) is 4. The number of nitrogens with two attached hydrogens (primary N) is 1. The number of hydrogen-bond acceptors (Lipinski definition) is 7. The highest BCUT2D eigenvalue weighted by Gasteiger charge is 2.18. The summed E-state index contributed by atoms with van der Waals surface area (Å²) in [6, 6.07) is 1.44. The van der Waals surface area contributed by atoms with E-state index in [0.29, 0.717) is 0 Å². The summed E-state index contributed by atoms with van der Waals surface area (Å²) in [5.41, 5.74) is 0. The van der Waals surface area contributed by atoms with Crippen LogP contribution in [0.3, 0.4) is 0 Å². The predicted molar refractivity (Wildman–Crippen MR) is 55.3 cm³/mol. The molecule has 0 spiro atoms. The third kappa shape index (κ3) is 1.99. The van der Waals surface area contributed by atoms with Gasteiger partial charge < -0.3 is 9.47 Å². The SMILES string of the molecule is COc1cc(OC)n2nc(S(N)(=O)=O)nc2n1. The molecule has 0 aliphatic rings. The van der Waals surface area contributed by atoms with Crippen LogP contribution in [0.25, 0.3) is 5.78 Å². The summed E-state index contributed by atoms with van der Waals surface area (Å²) < 4.78 is 33.2. The molecule has 2 aromatic rings. The number of sulfonamides is 1. The van der Waals surface area contributed by atoms with Gasteiger partial charge in [0.1, 0.15) is 0 Å². The van der Waals surface area contributed by atoms with E-state index in [4.69, 9.17) is 14.6 Å². The van der Waals surface area contributed by atoms with Crippen molar-refractivity contribution in [1.82, 2.24) is 19.6 Å². The molecule has 0 bridgehead atoms. The van der Waals surface area contributed by atoms with Gasteiger partial charge in [0.15, 0.2) is 0 Å². The minimum absolute atomic E-state index is 0.0187. The quantitative estimate of drug-likeness (QED) is 0.733. The van der Waals surface area contributed by atoms with Crippen LogP contribution in [0.1, 0.15) is 0 Å². The Labute approximate surface area is 96.2 Å². The lowest BCUT2D eigenvalue weighted by Crippen LogP contribution is -2.14. The molecule has 0 saturated heterocycles. The van der Waals surface area contributed by atoms with Gasteiger partial charge in [-0.25, -0.2) is 13.6 Å². The van der Waals surface area contributed by atoms with Crippen molar-refractivity contribution in [3.05, 3.63) is 6.07 Å². The van der Waals surface area contributed by atoms with Crippen molar-refractivity contribution >= 4 is 15.8 Å². The Morgan fingerprint density at radius 1 is 1.29 bits per heavy atom. The smallest absolute Gasteiger partial charge is 0.284 e. The summed E-state index contributed by atoms with van der Waals surface area (Å²) in [5.74, 6) is 0.474. The molecule has 0 atom stereocenters. The average Bonchev–Trinajstić information content (AvgIpc) is 2.70. The van der Waals surface area contributed by atoms with Crippen molar-refractivity contribution < 1.29 is 17.9 Å². The third-order valence-electron chi connectivity index (χ3n) is 1.91. The largest absolute Gasteiger partial charge is 0.481 e. The van der Waals surface area contributed by atoms with Crippen LogP contribution in [-0.4, -0.2) is 42.2 Å². The van der Waals surface area contributed by atoms with Gasteiger partial charge in [-0.15, -0.1) is 5.10 Å². The minimum Gasteiger partial charge on any atom is -0.481 e. The molecular weight excluding hydrogens is 250 g/mol. The zero-order valence-electron chi connectivity index (χ0n) is 8.98. The molecule has 9 nitrogen and oxygen atoms in total. The first-order valence-corrected chi connectivity index (χ1v) is 5.89. The van der Waals surface area contributed by atoms with Crippen molar-refractivity contribution in [3.63, 3.8) is 0 Å². The lowest BCUT2D eigenvalue weighted by atomic mass is 10.6. The van der Waals surface area contributed by atoms with E-state index in [0.717, 1.165) is 4.52 Å². The fraction of sp³-hybridized carbons (Fsp3) is 0.286. The molecule has 0 aromatic carbocycles. The molecule has 0 radical (unpaired) electrons. The summed E-state index contributed by atoms with van der Waals surface area (Å²) in [6.45, 7) is 0. The Kier molecular flexibility index (Phi) is 2.59. The summed E-state index contributed by atoms with van der Waals surface area (Å²) >= 11 is 0. The number of primary sulfonamides is 1. The third-order valence-corrected chi connectivity index (χ3v) is 2.59. The number of rotatable bonds is 3. The number of hydrogen-bond donors (Lipinski definition) is 1. The molecule has 10 heteroatoms. The van der Waals surface area contributed by atoms with Crippen LogP contribution in [-0.2, 0) is 10.0 Å². The van der Waals surface area contributed by atoms with Gasteiger partial charge in [-0.2, -0.15) is 14.5 Å². The van der Waals surface area contributed by atoms with Gasteiger partial charge in [-0.05, 0) is 0 Å². The number of methoxy groups -OCH3 is 2. The van der Waals surface area contributed by atoms with Crippen molar-refractivity contribution in [3.8, 4) is 11.8 Å². The van der Waals surface area contributed by atoms with Crippen LogP contribution in [0.15, 0.2) is 11.2 Å². The van der Waals surface area contributed by atoms with Crippen LogP contribution in [0.2, 0.25) is 0 Å². The molecule has 0 amide bonds. The van der Waals surface area contributed by atoms with Gasteiger partial charge in [0.2, 0.25) is 11.8 Å². The second-order valence-electron chi connectivity index (χ2n) is 2.99. The van der Waals surface area contributed by atoms with Crippen LogP contribution < -0.4 is 14.6 Å². The van der Waals surface area contributed by atoms with E-state index in [1.807, 2.05) is 0 Å². The Hall–Kier alpha value is -1.94. The van der Waals surface area contributed by atoms with E-state index in [1.165, 1.54) is 20.3 Å². The Bertz CT molecular complexity index is 664. The van der Waals surface area contributed by atoms with Gasteiger partial charge in [-0.3, -0.25) is 0 Å². The summed E-state index contributed by atoms with van der Waals surface area (Å²) in [4.78, 5) is 7.57. The molecule has 2 heterocycles. The highest BCUT2D eigenvalue weighted by Crippen LogP contribution is 2.18. The molecule has 2 rings (SSSR count). The molecule has 0 saturated carbocycles. The standard InChI is InChI=1S/C7H9N5O4S/c1-15-4-3-5(16-2)12-6(9-4)10-7(11-12)17(8,13)14/h3H,1-2H3,(H2,8,13,14).